The Morgan fingerprint density at radius 1 is 1.14 bits per heavy atom. The molecular formula is C17H26N4O. The van der Waals surface area contributed by atoms with Crippen LogP contribution in [0.3, 0.4) is 0 Å². The first-order valence-electron chi connectivity index (χ1n) is 8.67. The smallest absolute Gasteiger partial charge is 0.223 e. The molecule has 1 aliphatic carbocycles. The molecule has 1 aromatic rings. The molecule has 0 atom stereocenters. The molecule has 1 saturated carbocycles. The number of piperidine rings is 1. The minimum atomic E-state index is 0.173. The summed E-state index contributed by atoms with van der Waals surface area (Å²) in [5.74, 6) is 2.08. The maximum atomic E-state index is 12.2. The lowest BCUT2D eigenvalue weighted by Crippen LogP contribution is -2.33. The van der Waals surface area contributed by atoms with Gasteiger partial charge in [-0.2, -0.15) is 0 Å². The zero-order valence-corrected chi connectivity index (χ0v) is 13.3. The first-order valence-corrected chi connectivity index (χ1v) is 8.67. The van der Waals surface area contributed by atoms with Crippen molar-refractivity contribution in [2.45, 2.75) is 57.9 Å². The van der Waals surface area contributed by atoms with Gasteiger partial charge in [0.2, 0.25) is 5.91 Å². The highest BCUT2D eigenvalue weighted by atomic mass is 16.1. The standard InChI is InChI=1S/C17H26N4O/c22-17(14-7-3-1-4-8-14)19-13-15-18-10-9-16(20-15)21-11-5-2-6-12-21/h9-10,14H,1-8,11-13H2,(H,19,22). The summed E-state index contributed by atoms with van der Waals surface area (Å²) < 4.78 is 0. The lowest BCUT2D eigenvalue weighted by molar-refractivity contribution is -0.126. The van der Waals surface area contributed by atoms with Crippen molar-refractivity contribution in [1.29, 1.82) is 0 Å². The van der Waals surface area contributed by atoms with Gasteiger partial charge in [-0.3, -0.25) is 4.79 Å². The van der Waals surface area contributed by atoms with Crippen LogP contribution in [-0.2, 0) is 11.3 Å². The maximum Gasteiger partial charge on any atom is 0.223 e. The van der Waals surface area contributed by atoms with Crippen LogP contribution in [-0.4, -0.2) is 29.0 Å². The molecule has 3 rings (SSSR count). The first-order chi connectivity index (χ1) is 10.8. The van der Waals surface area contributed by atoms with Crippen LogP contribution in [0.5, 0.6) is 0 Å². The van der Waals surface area contributed by atoms with Gasteiger partial charge in [-0.1, -0.05) is 19.3 Å². The summed E-state index contributed by atoms with van der Waals surface area (Å²) in [6.07, 6.45) is 11.3. The lowest BCUT2D eigenvalue weighted by atomic mass is 9.89. The number of hydrogen-bond donors (Lipinski definition) is 1. The van der Waals surface area contributed by atoms with E-state index in [2.05, 4.69) is 20.2 Å². The number of nitrogens with zero attached hydrogens (tertiary/aromatic N) is 3. The van der Waals surface area contributed by atoms with E-state index in [1.165, 1.54) is 38.5 Å². The Morgan fingerprint density at radius 3 is 2.64 bits per heavy atom. The second-order valence-electron chi connectivity index (χ2n) is 6.43. The molecule has 5 nitrogen and oxygen atoms in total. The van der Waals surface area contributed by atoms with Crippen LogP contribution >= 0.6 is 0 Å². The Hall–Kier alpha value is -1.65. The van der Waals surface area contributed by atoms with Gasteiger partial charge in [-0.25, -0.2) is 9.97 Å². The topological polar surface area (TPSA) is 58.1 Å². The highest BCUT2D eigenvalue weighted by Gasteiger charge is 2.21. The Kier molecular flexibility index (Phi) is 5.24. The van der Waals surface area contributed by atoms with Crippen molar-refractivity contribution >= 4 is 11.7 Å². The second kappa shape index (κ2) is 7.56. The van der Waals surface area contributed by atoms with Gasteiger partial charge in [0.05, 0.1) is 6.54 Å². The van der Waals surface area contributed by atoms with Gasteiger partial charge >= 0.3 is 0 Å². The molecule has 5 heteroatoms. The van der Waals surface area contributed by atoms with Crippen LogP contribution in [0, 0.1) is 5.92 Å². The van der Waals surface area contributed by atoms with E-state index in [1.54, 1.807) is 6.20 Å². The summed E-state index contributed by atoms with van der Waals surface area (Å²) in [5, 5.41) is 3.02. The van der Waals surface area contributed by atoms with Gasteiger partial charge in [0.25, 0.3) is 0 Å². The molecule has 0 spiro atoms. The average Bonchev–Trinajstić information content (AvgIpc) is 2.61. The van der Waals surface area contributed by atoms with Crippen molar-refractivity contribution < 1.29 is 4.79 Å². The van der Waals surface area contributed by atoms with Gasteiger partial charge in [-0.15, -0.1) is 0 Å². The van der Waals surface area contributed by atoms with Crippen molar-refractivity contribution in [3.63, 3.8) is 0 Å². The van der Waals surface area contributed by atoms with Gasteiger partial charge in [0.15, 0.2) is 0 Å². The van der Waals surface area contributed by atoms with Gasteiger partial charge in [-0.05, 0) is 38.2 Å². The number of hydrogen-bond acceptors (Lipinski definition) is 4. The maximum absolute atomic E-state index is 12.2. The first kappa shape index (κ1) is 15.3. The van der Waals surface area contributed by atoms with E-state index < -0.39 is 0 Å². The zero-order chi connectivity index (χ0) is 15.2. The molecule has 2 fully saturated rings. The van der Waals surface area contributed by atoms with E-state index in [-0.39, 0.29) is 11.8 Å². The van der Waals surface area contributed by atoms with E-state index in [4.69, 9.17) is 0 Å². The third-order valence-corrected chi connectivity index (χ3v) is 4.77. The fourth-order valence-electron chi connectivity index (χ4n) is 3.45. The molecule has 0 unspecified atom stereocenters. The van der Waals surface area contributed by atoms with Gasteiger partial charge in [0, 0.05) is 25.2 Å². The quantitative estimate of drug-likeness (QED) is 0.929. The average molecular weight is 302 g/mol. The summed E-state index contributed by atoms with van der Waals surface area (Å²) >= 11 is 0. The van der Waals surface area contributed by atoms with E-state index in [0.29, 0.717) is 12.4 Å². The van der Waals surface area contributed by atoms with E-state index >= 15 is 0 Å². The Labute approximate surface area is 132 Å². The number of carbonyl (C=O) groups excluding carboxylic acids is 1. The minimum absolute atomic E-state index is 0.173. The number of nitrogens with one attached hydrogen (secondary N) is 1. The molecule has 1 aliphatic heterocycles. The molecular weight excluding hydrogens is 276 g/mol. The monoisotopic (exact) mass is 302 g/mol. The molecule has 120 valence electrons. The number of aromatic nitrogens is 2. The van der Waals surface area contributed by atoms with E-state index in [1.807, 2.05) is 6.07 Å². The fourth-order valence-corrected chi connectivity index (χ4v) is 3.45. The van der Waals surface area contributed by atoms with Crippen LogP contribution in [0.1, 0.15) is 57.2 Å². The van der Waals surface area contributed by atoms with Crippen molar-refractivity contribution in [2.24, 2.45) is 5.92 Å². The van der Waals surface area contributed by atoms with E-state index in [0.717, 1.165) is 31.7 Å². The van der Waals surface area contributed by atoms with Gasteiger partial charge < -0.3 is 10.2 Å². The highest BCUT2D eigenvalue weighted by molar-refractivity contribution is 5.78. The Balaban J connectivity index is 1.54. The molecule has 0 aromatic carbocycles. The highest BCUT2D eigenvalue weighted by Crippen LogP contribution is 2.23. The summed E-state index contributed by atoms with van der Waals surface area (Å²) in [6.45, 7) is 2.59. The predicted molar refractivity (Wildman–Crippen MR) is 86.5 cm³/mol. The van der Waals surface area contributed by atoms with Crippen molar-refractivity contribution in [1.82, 2.24) is 15.3 Å². The third-order valence-electron chi connectivity index (χ3n) is 4.77. The molecule has 1 amide bonds. The van der Waals surface area contributed by atoms with Crippen LogP contribution in [0.4, 0.5) is 5.82 Å². The molecule has 22 heavy (non-hydrogen) atoms. The van der Waals surface area contributed by atoms with Crippen LogP contribution in [0.2, 0.25) is 0 Å². The number of amides is 1. The largest absolute Gasteiger partial charge is 0.357 e. The van der Waals surface area contributed by atoms with Gasteiger partial charge in [0.1, 0.15) is 11.6 Å². The molecule has 1 N–H and O–H groups in total. The molecule has 0 bridgehead atoms. The molecule has 1 saturated heterocycles. The Morgan fingerprint density at radius 2 is 1.86 bits per heavy atom. The SMILES string of the molecule is O=C(NCc1nccc(N2CCCCC2)n1)C1CCCCC1. The summed E-state index contributed by atoms with van der Waals surface area (Å²) in [4.78, 5) is 23.4. The molecule has 2 heterocycles. The number of carbonyl (C=O) groups is 1. The minimum Gasteiger partial charge on any atom is -0.357 e. The molecule has 2 aliphatic rings. The third kappa shape index (κ3) is 3.96. The molecule has 1 aromatic heterocycles. The molecule has 0 radical (unpaired) electrons. The van der Waals surface area contributed by atoms with E-state index in [9.17, 15) is 4.79 Å². The number of anilines is 1. The number of rotatable bonds is 4. The predicted octanol–water partition coefficient (Wildman–Crippen LogP) is 2.66. The lowest BCUT2D eigenvalue weighted by Gasteiger charge is -2.27. The van der Waals surface area contributed by atoms with Crippen molar-refractivity contribution in [2.75, 3.05) is 18.0 Å². The van der Waals surface area contributed by atoms with Crippen LogP contribution < -0.4 is 10.2 Å². The second-order valence-corrected chi connectivity index (χ2v) is 6.43. The van der Waals surface area contributed by atoms with Crippen LogP contribution in [0.15, 0.2) is 12.3 Å². The van der Waals surface area contributed by atoms with Crippen LogP contribution in [0.25, 0.3) is 0 Å². The fraction of sp³-hybridized carbons (Fsp3) is 0.706. The summed E-state index contributed by atoms with van der Waals surface area (Å²) in [6, 6.07) is 1.97. The van der Waals surface area contributed by atoms with Crippen molar-refractivity contribution in [3.8, 4) is 0 Å². The van der Waals surface area contributed by atoms with Crippen molar-refractivity contribution in [3.05, 3.63) is 18.1 Å². The summed E-state index contributed by atoms with van der Waals surface area (Å²) in [7, 11) is 0. The normalized spacial score (nSPS) is 19.9. The zero-order valence-electron chi connectivity index (χ0n) is 13.3. The Bertz CT molecular complexity index is 493. The summed E-state index contributed by atoms with van der Waals surface area (Å²) in [5.41, 5.74) is 0.